The number of aliphatic hydroxyl groups is 1. The monoisotopic (exact) mass is 230 g/mol. The molecule has 2 aromatic rings. The average molecular weight is 230 g/mol. The molecule has 17 heavy (non-hydrogen) atoms. The van der Waals surface area contributed by atoms with Crippen LogP contribution in [0.4, 0.5) is 0 Å². The van der Waals surface area contributed by atoms with Gasteiger partial charge in [0.2, 0.25) is 0 Å². The molecule has 1 fully saturated rings. The molecule has 2 heterocycles. The first-order chi connectivity index (χ1) is 8.21. The topological polar surface area (TPSA) is 37.5 Å². The van der Waals surface area contributed by atoms with Crippen LogP contribution in [0.3, 0.4) is 0 Å². The van der Waals surface area contributed by atoms with Gasteiger partial charge in [0.05, 0.1) is 11.9 Å². The van der Waals surface area contributed by atoms with E-state index in [2.05, 4.69) is 18.0 Å². The molecular formula is C14H18N2O. The summed E-state index contributed by atoms with van der Waals surface area (Å²) in [6, 6.07) is 4.07. The number of rotatable bonds is 1. The normalized spacial score (nSPS) is 19.6. The maximum atomic E-state index is 10.8. The number of hydrogen-bond donors (Lipinski definition) is 1. The third-order valence-electron chi connectivity index (χ3n) is 3.89. The van der Waals surface area contributed by atoms with Crippen molar-refractivity contribution in [2.24, 2.45) is 0 Å². The number of nitrogens with zero attached hydrogens (tertiary/aromatic N) is 2. The number of hydrogen-bond acceptors (Lipinski definition) is 2. The summed E-state index contributed by atoms with van der Waals surface area (Å²) in [5, 5.41) is 10.8. The molecule has 0 saturated heterocycles. The highest BCUT2D eigenvalue weighted by Crippen LogP contribution is 2.37. The molecule has 1 saturated carbocycles. The summed E-state index contributed by atoms with van der Waals surface area (Å²) in [6.45, 7) is 2.05. The smallest absolute Gasteiger partial charge is 0.139 e. The minimum Gasteiger partial charge on any atom is -0.384 e. The highest BCUT2D eigenvalue weighted by molar-refractivity contribution is 5.49. The van der Waals surface area contributed by atoms with E-state index in [0.717, 1.165) is 42.6 Å². The Morgan fingerprint density at radius 1 is 1.29 bits per heavy atom. The van der Waals surface area contributed by atoms with Gasteiger partial charge in [-0.2, -0.15) is 0 Å². The lowest BCUT2D eigenvalue weighted by Crippen LogP contribution is -2.29. The van der Waals surface area contributed by atoms with Crippen LogP contribution in [0.5, 0.6) is 0 Å². The molecule has 0 amide bonds. The maximum Gasteiger partial charge on any atom is 0.139 e. The van der Waals surface area contributed by atoms with Gasteiger partial charge in [-0.3, -0.25) is 0 Å². The first-order valence-electron chi connectivity index (χ1n) is 6.36. The van der Waals surface area contributed by atoms with E-state index < -0.39 is 5.60 Å². The van der Waals surface area contributed by atoms with Crippen molar-refractivity contribution in [3.05, 3.63) is 35.8 Å². The van der Waals surface area contributed by atoms with E-state index >= 15 is 0 Å². The van der Waals surface area contributed by atoms with E-state index in [9.17, 15) is 5.11 Å². The first-order valence-corrected chi connectivity index (χ1v) is 6.36. The van der Waals surface area contributed by atoms with Crippen molar-refractivity contribution in [1.29, 1.82) is 0 Å². The molecule has 0 bridgehead atoms. The van der Waals surface area contributed by atoms with Gasteiger partial charge in [-0.25, -0.2) is 4.98 Å². The number of aryl methyl sites for hydroxylation is 1. The van der Waals surface area contributed by atoms with Crippen LogP contribution in [-0.2, 0) is 5.60 Å². The highest BCUT2D eigenvalue weighted by atomic mass is 16.3. The largest absolute Gasteiger partial charge is 0.384 e. The zero-order valence-electron chi connectivity index (χ0n) is 10.2. The van der Waals surface area contributed by atoms with Crippen LogP contribution >= 0.6 is 0 Å². The van der Waals surface area contributed by atoms with Crippen molar-refractivity contribution in [1.82, 2.24) is 9.38 Å². The van der Waals surface area contributed by atoms with Gasteiger partial charge in [0.15, 0.2) is 0 Å². The van der Waals surface area contributed by atoms with Crippen LogP contribution in [-0.4, -0.2) is 14.5 Å². The van der Waals surface area contributed by atoms with Gasteiger partial charge in [-0.15, -0.1) is 0 Å². The lowest BCUT2D eigenvalue weighted by Gasteiger charge is -2.31. The molecule has 0 spiro atoms. The number of fused-ring (bicyclic) bond motifs is 1. The van der Waals surface area contributed by atoms with Crippen molar-refractivity contribution in [3.8, 4) is 0 Å². The molecule has 1 aliphatic rings. The molecule has 90 valence electrons. The Morgan fingerprint density at radius 2 is 2.06 bits per heavy atom. The molecule has 0 aliphatic heterocycles. The molecule has 1 N–H and O–H groups in total. The van der Waals surface area contributed by atoms with E-state index in [0.29, 0.717) is 0 Å². The molecule has 0 unspecified atom stereocenters. The third kappa shape index (κ3) is 1.65. The van der Waals surface area contributed by atoms with Gasteiger partial charge < -0.3 is 9.51 Å². The van der Waals surface area contributed by atoms with E-state index in [1.807, 2.05) is 22.9 Å². The molecule has 0 radical (unpaired) electrons. The Morgan fingerprint density at radius 3 is 2.82 bits per heavy atom. The van der Waals surface area contributed by atoms with Gasteiger partial charge in [-0.1, -0.05) is 25.3 Å². The third-order valence-corrected chi connectivity index (χ3v) is 3.89. The Balaban J connectivity index is 2.14. The molecule has 1 aliphatic carbocycles. The zero-order valence-corrected chi connectivity index (χ0v) is 10.2. The number of imidazole rings is 1. The molecule has 3 rings (SSSR count). The summed E-state index contributed by atoms with van der Waals surface area (Å²) in [5.74, 6) is 0. The molecule has 0 atom stereocenters. The SMILES string of the molecule is Cc1cccn2c(C3(O)CCCCC3)cnc12. The summed E-state index contributed by atoms with van der Waals surface area (Å²) in [7, 11) is 0. The van der Waals surface area contributed by atoms with Crippen LogP contribution < -0.4 is 0 Å². The Kier molecular flexibility index (Phi) is 2.44. The van der Waals surface area contributed by atoms with Crippen LogP contribution in [0.15, 0.2) is 24.5 Å². The average Bonchev–Trinajstić information content (AvgIpc) is 2.76. The quantitative estimate of drug-likeness (QED) is 0.818. The molecule has 2 aromatic heterocycles. The fraction of sp³-hybridized carbons (Fsp3) is 0.500. The summed E-state index contributed by atoms with van der Waals surface area (Å²) < 4.78 is 2.04. The van der Waals surface area contributed by atoms with Crippen LogP contribution in [0, 0.1) is 6.92 Å². The molecule has 3 nitrogen and oxygen atoms in total. The van der Waals surface area contributed by atoms with Crippen LogP contribution in [0.1, 0.15) is 43.4 Å². The minimum absolute atomic E-state index is 0.675. The van der Waals surface area contributed by atoms with Crippen molar-refractivity contribution in [2.45, 2.75) is 44.6 Å². The predicted octanol–water partition coefficient (Wildman–Crippen LogP) is 2.79. The number of pyridine rings is 1. The van der Waals surface area contributed by atoms with E-state index in [1.165, 1.54) is 6.42 Å². The van der Waals surface area contributed by atoms with Crippen molar-refractivity contribution < 1.29 is 5.11 Å². The van der Waals surface area contributed by atoms with Crippen LogP contribution in [0.25, 0.3) is 5.65 Å². The maximum absolute atomic E-state index is 10.8. The summed E-state index contributed by atoms with van der Waals surface area (Å²) in [6.07, 6.45) is 9.00. The summed E-state index contributed by atoms with van der Waals surface area (Å²) in [4.78, 5) is 4.44. The second-order valence-electron chi connectivity index (χ2n) is 5.12. The fourth-order valence-corrected chi connectivity index (χ4v) is 2.89. The van der Waals surface area contributed by atoms with Gasteiger partial charge in [0, 0.05) is 6.20 Å². The Bertz CT molecular complexity index is 538. The fourth-order valence-electron chi connectivity index (χ4n) is 2.89. The standard InChI is InChI=1S/C14H18N2O/c1-11-6-5-9-16-12(10-15-13(11)16)14(17)7-3-2-4-8-14/h5-6,9-10,17H,2-4,7-8H2,1H3. The lowest BCUT2D eigenvalue weighted by atomic mass is 9.83. The van der Waals surface area contributed by atoms with Crippen LogP contribution in [0.2, 0.25) is 0 Å². The van der Waals surface area contributed by atoms with E-state index in [4.69, 9.17) is 0 Å². The van der Waals surface area contributed by atoms with Crippen molar-refractivity contribution in [2.75, 3.05) is 0 Å². The second kappa shape index (κ2) is 3.84. The van der Waals surface area contributed by atoms with Gasteiger partial charge in [-0.05, 0) is 31.4 Å². The van der Waals surface area contributed by atoms with E-state index in [-0.39, 0.29) is 0 Å². The van der Waals surface area contributed by atoms with Gasteiger partial charge in [0.25, 0.3) is 0 Å². The Hall–Kier alpha value is -1.35. The van der Waals surface area contributed by atoms with E-state index in [1.54, 1.807) is 0 Å². The highest BCUT2D eigenvalue weighted by Gasteiger charge is 2.33. The second-order valence-corrected chi connectivity index (χ2v) is 5.12. The predicted molar refractivity (Wildman–Crippen MR) is 66.9 cm³/mol. The van der Waals surface area contributed by atoms with Gasteiger partial charge in [0.1, 0.15) is 11.2 Å². The van der Waals surface area contributed by atoms with Gasteiger partial charge >= 0.3 is 0 Å². The number of aromatic nitrogens is 2. The summed E-state index contributed by atoms with van der Waals surface area (Å²) in [5.41, 5.74) is 2.39. The molecule has 0 aromatic carbocycles. The van der Waals surface area contributed by atoms with Crippen molar-refractivity contribution in [3.63, 3.8) is 0 Å². The molecule has 3 heteroatoms. The first kappa shape index (κ1) is 10.8. The Labute approximate surface area is 101 Å². The van der Waals surface area contributed by atoms with Crippen molar-refractivity contribution >= 4 is 5.65 Å². The molecular weight excluding hydrogens is 212 g/mol. The summed E-state index contributed by atoms with van der Waals surface area (Å²) >= 11 is 0. The minimum atomic E-state index is -0.675. The lowest BCUT2D eigenvalue weighted by molar-refractivity contribution is -0.00536. The zero-order chi connectivity index (χ0) is 11.9.